The van der Waals surface area contributed by atoms with E-state index >= 15 is 0 Å². The summed E-state index contributed by atoms with van der Waals surface area (Å²) < 4.78 is 5.69. The number of ether oxygens (including phenoxy) is 1. The van der Waals surface area contributed by atoms with Crippen LogP contribution < -0.4 is 5.32 Å². The van der Waals surface area contributed by atoms with Crippen LogP contribution in [0.4, 0.5) is 0 Å². The van der Waals surface area contributed by atoms with Gasteiger partial charge in [-0.15, -0.1) is 0 Å². The molecule has 0 unspecified atom stereocenters. The van der Waals surface area contributed by atoms with Gasteiger partial charge in [0.2, 0.25) is 5.91 Å². The fourth-order valence-corrected chi connectivity index (χ4v) is 1.81. The predicted octanol–water partition coefficient (Wildman–Crippen LogP) is 1.92. The van der Waals surface area contributed by atoms with Crippen molar-refractivity contribution in [2.75, 3.05) is 0 Å². The van der Waals surface area contributed by atoms with Crippen LogP contribution >= 0.6 is 0 Å². The molecule has 1 N–H and O–H groups in total. The fourth-order valence-electron chi connectivity index (χ4n) is 1.81. The van der Waals surface area contributed by atoms with E-state index in [2.05, 4.69) is 26.1 Å². The number of carbonyl (C=O) groups excluding carboxylic acids is 1. The Morgan fingerprint density at radius 2 is 2.00 bits per heavy atom. The maximum Gasteiger partial charge on any atom is 0.222 e. The molecule has 1 amide bonds. The maximum absolute atomic E-state index is 11.3. The van der Waals surface area contributed by atoms with Gasteiger partial charge in [-0.1, -0.05) is 20.8 Å². The summed E-state index contributed by atoms with van der Waals surface area (Å²) in [4.78, 5) is 11.3. The highest BCUT2D eigenvalue weighted by Gasteiger charge is 2.40. The summed E-state index contributed by atoms with van der Waals surface area (Å²) in [6.07, 6.45) is 0.631. The molecule has 0 aromatic carbocycles. The molecule has 0 aliphatic carbocycles. The zero-order chi connectivity index (χ0) is 10.9. The molecule has 3 nitrogen and oxygen atoms in total. The van der Waals surface area contributed by atoms with Gasteiger partial charge in [0.15, 0.2) is 0 Å². The number of nitrogens with one attached hydrogen (secondary N) is 1. The van der Waals surface area contributed by atoms with Crippen LogP contribution in [-0.2, 0) is 9.53 Å². The lowest BCUT2D eigenvalue weighted by Gasteiger charge is -2.31. The lowest BCUT2D eigenvalue weighted by atomic mass is 9.79. The third kappa shape index (κ3) is 2.71. The molecule has 1 heterocycles. The molecular weight excluding hydrogens is 178 g/mol. The topological polar surface area (TPSA) is 38.3 Å². The van der Waals surface area contributed by atoms with E-state index in [9.17, 15) is 4.79 Å². The Morgan fingerprint density at radius 3 is 2.43 bits per heavy atom. The molecule has 0 bridgehead atoms. The highest BCUT2D eigenvalue weighted by Crippen LogP contribution is 2.35. The van der Waals surface area contributed by atoms with Gasteiger partial charge in [-0.3, -0.25) is 4.79 Å². The highest BCUT2D eigenvalue weighted by atomic mass is 16.5. The number of hydrogen-bond donors (Lipinski definition) is 1. The summed E-state index contributed by atoms with van der Waals surface area (Å²) >= 11 is 0. The van der Waals surface area contributed by atoms with Crippen molar-refractivity contribution in [1.82, 2.24) is 5.32 Å². The van der Waals surface area contributed by atoms with Crippen LogP contribution in [0.1, 0.15) is 41.0 Å². The zero-order valence-electron chi connectivity index (χ0n) is 9.76. The van der Waals surface area contributed by atoms with E-state index in [1.54, 1.807) is 0 Å². The van der Waals surface area contributed by atoms with Gasteiger partial charge in [0.1, 0.15) is 6.23 Å². The van der Waals surface area contributed by atoms with E-state index in [0.717, 1.165) is 0 Å². The summed E-state index contributed by atoms with van der Waals surface area (Å²) in [5.74, 6) is 0.382. The minimum atomic E-state index is -0.109. The van der Waals surface area contributed by atoms with E-state index in [1.807, 2.05) is 13.8 Å². The third-order valence-corrected chi connectivity index (χ3v) is 2.61. The molecule has 14 heavy (non-hydrogen) atoms. The zero-order valence-corrected chi connectivity index (χ0v) is 9.76. The fraction of sp³-hybridized carbons (Fsp3) is 0.909. The second kappa shape index (κ2) is 3.89. The lowest BCUT2D eigenvalue weighted by molar-refractivity contribution is -0.121. The van der Waals surface area contributed by atoms with Crippen molar-refractivity contribution < 1.29 is 9.53 Å². The molecule has 2 atom stereocenters. The summed E-state index contributed by atoms with van der Waals surface area (Å²) in [6, 6.07) is 0. The molecule has 0 saturated carbocycles. The van der Waals surface area contributed by atoms with Gasteiger partial charge >= 0.3 is 0 Å². The molecule has 1 saturated heterocycles. The first-order chi connectivity index (χ1) is 6.30. The van der Waals surface area contributed by atoms with Crippen molar-refractivity contribution in [3.05, 3.63) is 0 Å². The average Bonchev–Trinajstić information content (AvgIpc) is 2.28. The van der Waals surface area contributed by atoms with E-state index in [-0.39, 0.29) is 29.6 Å². The molecule has 0 spiro atoms. The summed E-state index contributed by atoms with van der Waals surface area (Å²) in [6.45, 7) is 10.4. The Labute approximate surface area is 86.2 Å². The van der Waals surface area contributed by atoms with Crippen molar-refractivity contribution in [2.24, 2.45) is 11.3 Å². The maximum atomic E-state index is 11.3. The Kier molecular flexibility index (Phi) is 3.20. The summed E-state index contributed by atoms with van der Waals surface area (Å²) in [7, 11) is 0. The van der Waals surface area contributed by atoms with Gasteiger partial charge < -0.3 is 10.1 Å². The molecule has 0 aromatic rings. The quantitative estimate of drug-likeness (QED) is 0.738. The Hall–Kier alpha value is -0.570. The van der Waals surface area contributed by atoms with Crippen molar-refractivity contribution in [2.45, 2.75) is 53.4 Å². The smallest absolute Gasteiger partial charge is 0.222 e. The molecule has 1 aliphatic heterocycles. The summed E-state index contributed by atoms with van der Waals surface area (Å²) in [5.41, 5.74) is 0.110. The number of carbonyl (C=O) groups is 1. The first-order valence-corrected chi connectivity index (χ1v) is 5.25. The number of hydrogen-bond acceptors (Lipinski definition) is 2. The van der Waals surface area contributed by atoms with Crippen molar-refractivity contribution in [3.63, 3.8) is 0 Å². The van der Waals surface area contributed by atoms with E-state index < -0.39 is 0 Å². The molecule has 1 aliphatic rings. The minimum absolute atomic E-state index is 0.107. The monoisotopic (exact) mass is 199 g/mol. The normalized spacial score (nSPS) is 28.3. The van der Waals surface area contributed by atoms with Crippen LogP contribution in [0.5, 0.6) is 0 Å². The Bertz CT molecular complexity index is 218. The van der Waals surface area contributed by atoms with Crippen LogP contribution in [0.15, 0.2) is 0 Å². The molecule has 0 aromatic heterocycles. The van der Waals surface area contributed by atoms with Crippen molar-refractivity contribution in [3.8, 4) is 0 Å². The highest BCUT2D eigenvalue weighted by molar-refractivity contribution is 5.78. The molecule has 1 fully saturated rings. The standard InChI is InChI=1S/C11H21NO2/c1-7(2)14-10-8(11(3,4)5)6-9(13)12-10/h7-8,10H,6H2,1-5H3,(H,12,13)/t8-,10+/m0/s1. The van der Waals surface area contributed by atoms with Gasteiger partial charge in [-0.2, -0.15) is 0 Å². The molecule has 82 valence electrons. The van der Waals surface area contributed by atoms with Crippen LogP contribution in [0.3, 0.4) is 0 Å². The van der Waals surface area contributed by atoms with Crippen LogP contribution in [0, 0.1) is 11.3 Å². The minimum Gasteiger partial charge on any atom is -0.356 e. The molecule has 3 heteroatoms. The van der Waals surface area contributed by atoms with Crippen LogP contribution in [0.2, 0.25) is 0 Å². The van der Waals surface area contributed by atoms with Gasteiger partial charge in [-0.05, 0) is 19.3 Å². The third-order valence-electron chi connectivity index (χ3n) is 2.61. The second-order valence-electron chi connectivity index (χ2n) is 5.35. The molecular formula is C11H21NO2. The van der Waals surface area contributed by atoms with Crippen LogP contribution in [0.25, 0.3) is 0 Å². The molecule has 0 radical (unpaired) electrons. The Balaban J connectivity index is 2.68. The van der Waals surface area contributed by atoms with E-state index in [4.69, 9.17) is 4.74 Å². The van der Waals surface area contributed by atoms with Crippen molar-refractivity contribution in [1.29, 1.82) is 0 Å². The van der Waals surface area contributed by atoms with Gasteiger partial charge in [0, 0.05) is 12.3 Å². The van der Waals surface area contributed by atoms with Crippen LogP contribution in [-0.4, -0.2) is 18.2 Å². The Morgan fingerprint density at radius 1 is 1.43 bits per heavy atom. The van der Waals surface area contributed by atoms with E-state index in [0.29, 0.717) is 6.42 Å². The largest absolute Gasteiger partial charge is 0.356 e. The predicted molar refractivity (Wildman–Crippen MR) is 55.7 cm³/mol. The van der Waals surface area contributed by atoms with E-state index in [1.165, 1.54) is 0 Å². The number of amides is 1. The van der Waals surface area contributed by atoms with Gasteiger partial charge in [0.05, 0.1) is 6.10 Å². The summed E-state index contributed by atoms with van der Waals surface area (Å²) in [5, 5.41) is 2.88. The van der Waals surface area contributed by atoms with Crippen molar-refractivity contribution >= 4 is 5.91 Å². The van der Waals surface area contributed by atoms with Gasteiger partial charge in [0.25, 0.3) is 0 Å². The first kappa shape index (κ1) is 11.5. The lowest BCUT2D eigenvalue weighted by Crippen LogP contribution is -2.38. The second-order valence-corrected chi connectivity index (χ2v) is 5.35. The first-order valence-electron chi connectivity index (χ1n) is 5.25. The number of rotatable bonds is 2. The SMILES string of the molecule is CC(C)O[C@H]1NC(=O)C[C@@H]1C(C)(C)C. The van der Waals surface area contributed by atoms with Gasteiger partial charge in [-0.25, -0.2) is 0 Å². The average molecular weight is 199 g/mol. The molecule has 1 rings (SSSR count).